The first-order chi connectivity index (χ1) is 24.1. The molecular weight excluding hydrogens is 656 g/mol. The van der Waals surface area contributed by atoms with Gasteiger partial charge >= 0.3 is 23.5 Å². The zero-order valence-electron chi connectivity index (χ0n) is 29.5. The second kappa shape index (κ2) is 13.3. The molecule has 12 nitrogen and oxygen atoms in total. The Hall–Kier alpha value is -5.02. The molecular formula is C39H42N2O10. The van der Waals surface area contributed by atoms with Crippen LogP contribution in [0.1, 0.15) is 88.4 Å². The molecule has 0 bridgehead atoms. The quantitative estimate of drug-likeness (QED) is 0.241. The minimum atomic E-state index is -1.42. The number of nitriles is 1. The number of aliphatic hydroxyl groups is 1. The van der Waals surface area contributed by atoms with Gasteiger partial charge in [0, 0.05) is 42.3 Å². The predicted molar refractivity (Wildman–Crippen MR) is 181 cm³/mol. The average molecular weight is 699 g/mol. The van der Waals surface area contributed by atoms with Crippen LogP contribution >= 0.6 is 0 Å². The molecule has 1 unspecified atom stereocenters. The van der Waals surface area contributed by atoms with Crippen LogP contribution in [-0.2, 0) is 23.8 Å². The number of esters is 3. The van der Waals surface area contributed by atoms with Crippen molar-refractivity contribution in [1.82, 2.24) is 4.98 Å². The number of carbonyl (C=O) groups excluding carboxylic acids is 3. The zero-order valence-corrected chi connectivity index (χ0v) is 29.5. The van der Waals surface area contributed by atoms with Crippen LogP contribution in [0, 0.1) is 39.9 Å². The molecule has 1 aliphatic heterocycles. The van der Waals surface area contributed by atoms with Gasteiger partial charge in [0.15, 0.2) is 0 Å². The first kappa shape index (κ1) is 35.8. The van der Waals surface area contributed by atoms with Crippen molar-refractivity contribution >= 4 is 17.9 Å². The van der Waals surface area contributed by atoms with Crippen LogP contribution in [0.15, 0.2) is 64.1 Å². The Morgan fingerprint density at radius 1 is 1.10 bits per heavy atom. The van der Waals surface area contributed by atoms with E-state index < -0.39 is 76.0 Å². The molecule has 51 heavy (non-hydrogen) atoms. The fourth-order valence-corrected chi connectivity index (χ4v) is 8.85. The Labute approximate surface area is 295 Å². The number of carbonyl (C=O) groups is 3. The van der Waals surface area contributed by atoms with Crippen LogP contribution in [0.3, 0.4) is 0 Å². The second-order valence-electron chi connectivity index (χ2n) is 14.9. The molecule has 8 atom stereocenters. The number of fused-ring (bicyclic) bond motifs is 4. The molecule has 0 amide bonds. The molecule has 1 aromatic carbocycles. The van der Waals surface area contributed by atoms with Gasteiger partial charge in [0.2, 0.25) is 0 Å². The molecule has 0 radical (unpaired) electrons. The second-order valence-corrected chi connectivity index (χ2v) is 14.9. The Kier molecular flexibility index (Phi) is 9.31. The van der Waals surface area contributed by atoms with Gasteiger partial charge in [0.25, 0.3) is 0 Å². The van der Waals surface area contributed by atoms with Crippen LogP contribution in [0.25, 0.3) is 11.3 Å². The number of nitrogens with zero attached hydrogens (tertiary/aromatic N) is 2. The summed E-state index contributed by atoms with van der Waals surface area (Å²) < 4.78 is 30.6. The summed E-state index contributed by atoms with van der Waals surface area (Å²) in [6.45, 7) is 10.3. The molecule has 2 aliphatic carbocycles. The number of aromatic nitrogens is 1. The summed E-state index contributed by atoms with van der Waals surface area (Å²) in [6.07, 6.45) is 1.01. The molecule has 2 aromatic heterocycles. The van der Waals surface area contributed by atoms with Crippen LogP contribution < -0.4 is 10.4 Å². The standard InChI is InChI=1S/C39H42N2O10/c1-21(2)34(44)47-20-38(5)28-17-30(50-35(45)24-11-9-23(18-40)10-12-24)39(6)33(37(28,4)14-13-29(38)48-22(3)42)32(43)31-27(51-39)16-26(49-36(31)46)25-8-7-15-41-19-25/h7-12,15-16,19,21,28-30,32-33,43H,13-14,17,20H2,1-6H3/t28-,29+,30+,32+,33-,37+,38?,39-/m1/s1. The molecule has 1 N–H and O–H groups in total. The lowest BCUT2D eigenvalue weighted by molar-refractivity contribution is -0.267. The topological polar surface area (TPSA) is 175 Å². The van der Waals surface area contributed by atoms with Crippen molar-refractivity contribution in [2.75, 3.05) is 6.61 Å². The SMILES string of the molecule is CC(=O)O[C@H]1CC[C@]2(C)[C@H]3[C@@H](O)c4c(cc(-c5cccnc5)oc4=O)O[C@]3(C)[C@@H](OC(=O)c3ccc(C#N)cc3)C[C@H]2C1(C)COC(=O)C(C)C. The van der Waals surface area contributed by atoms with E-state index in [0.29, 0.717) is 24.0 Å². The maximum Gasteiger partial charge on any atom is 0.345 e. The van der Waals surface area contributed by atoms with E-state index in [0.717, 1.165) is 0 Å². The molecule has 3 aromatic rings. The van der Waals surface area contributed by atoms with Crippen LogP contribution in [0.2, 0.25) is 0 Å². The highest BCUT2D eigenvalue weighted by Gasteiger charge is 2.71. The monoisotopic (exact) mass is 698 g/mol. The summed E-state index contributed by atoms with van der Waals surface area (Å²) in [4.78, 5) is 56.9. The Bertz CT molecular complexity index is 1940. The van der Waals surface area contributed by atoms with Gasteiger partial charge in [0.1, 0.15) is 41.5 Å². The third kappa shape index (κ3) is 6.18. The minimum absolute atomic E-state index is 0.0563. The summed E-state index contributed by atoms with van der Waals surface area (Å²) in [5.41, 5.74) is -2.95. The maximum atomic E-state index is 13.8. The highest BCUT2D eigenvalue weighted by Crippen LogP contribution is 2.67. The van der Waals surface area contributed by atoms with E-state index in [1.54, 1.807) is 45.2 Å². The summed E-state index contributed by atoms with van der Waals surface area (Å²) >= 11 is 0. The zero-order chi connectivity index (χ0) is 36.9. The molecule has 3 heterocycles. The number of hydrogen-bond acceptors (Lipinski definition) is 12. The van der Waals surface area contributed by atoms with Gasteiger partial charge in [-0.3, -0.25) is 14.6 Å². The molecule has 0 saturated heterocycles. The number of ether oxygens (including phenoxy) is 4. The van der Waals surface area contributed by atoms with Crippen molar-refractivity contribution in [2.45, 2.75) is 84.7 Å². The van der Waals surface area contributed by atoms with Gasteiger partial charge in [-0.1, -0.05) is 27.7 Å². The molecule has 268 valence electrons. The molecule has 3 aliphatic rings. The molecule has 6 rings (SSSR count). The van der Waals surface area contributed by atoms with Crippen molar-refractivity contribution in [3.05, 3.63) is 82.0 Å². The lowest BCUT2D eigenvalue weighted by Crippen LogP contribution is -2.71. The summed E-state index contributed by atoms with van der Waals surface area (Å²) in [6, 6.07) is 13.0. The van der Waals surface area contributed by atoms with E-state index in [9.17, 15) is 29.5 Å². The third-order valence-electron chi connectivity index (χ3n) is 11.3. The fraction of sp³-hybridized carbons (Fsp3) is 0.487. The van der Waals surface area contributed by atoms with Crippen LogP contribution in [-0.4, -0.2) is 52.4 Å². The van der Waals surface area contributed by atoms with Gasteiger partial charge in [-0.05, 0) is 73.9 Å². The largest absolute Gasteiger partial charge is 0.482 e. The van der Waals surface area contributed by atoms with Crippen LogP contribution in [0.4, 0.5) is 0 Å². The van der Waals surface area contributed by atoms with Crippen molar-refractivity contribution < 1.29 is 42.9 Å². The van der Waals surface area contributed by atoms with E-state index in [4.69, 9.17) is 23.4 Å². The summed E-state index contributed by atoms with van der Waals surface area (Å²) in [5.74, 6) is -3.05. The molecule has 2 saturated carbocycles. The molecule has 12 heteroatoms. The van der Waals surface area contributed by atoms with Gasteiger partial charge < -0.3 is 28.5 Å². The fourth-order valence-electron chi connectivity index (χ4n) is 8.85. The maximum absolute atomic E-state index is 13.8. The third-order valence-corrected chi connectivity index (χ3v) is 11.3. The van der Waals surface area contributed by atoms with E-state index in [-0.39, 0.29) is 35.7 Å². The summed E-state index contributed by atoms with van der Waals surface area (Å²) in [7, 11) is 0. The normalized spacial score (nSPS) is 30.8. The van der Waals surface area contributed by atoms with Gasteiger partial charge in [-0.25, -0.2) is 9.59 Å². The van der Waals surface area contributed by atoms with E-state index in [1.165, 1.54) is 37.4 Å². The predicted octanol–water partition coefficient (Wildman–Crippen LogP) is 5.56. The Morgan fingerprint density at radius 2 is 1.82 bits per heavy atom. The van der Waals surface area contributed by atoms with E-state index in [2.05, 4.69) is 4.98 Å². The highest BCUT2D eigenvalue weighted by molar-refractivity contribution is 5.89. The molecule has 2 fully saturated rings. The number of pyridine rings is 1. The lowest BCUT2D eigenvalue weighted by Gasteiger charge is -2.66. The van der Waals surface area contributed by atoms with Gasteiger partial charge in [0.05, 0.1) is 29.2 Å². The number of aliphatic hydroxyl groups excluding tert-OH is 1. The smallest absolute Gasteiger partial charge is 0.345 e. The van der Waals surface area contributed by atoms with Crippen molar-refractivity contribution in [1.29, 1.82) is 5.26 Å². The average Bonchev–Trinajstić information content (AvgIpc) is 3.09. The van der Waals surface area contributed by atoms with Gasteiger partial charge in [-0.2, -0.15) is 5.26 Å². The van der Waals surface area contributed by atoms with E-state index >= 15 is 0 Å². The van der Waals surface area contributed by atoms with Crippen LogP contribution in [0.5, 0.6) is 5.75 Å². The molecule has 0 spiro atoms. The van der Waals surface area contributed by atoms with E-state index in [1.807, 2.05) is 19.9 Å². The first-order valence-electron chi connectivity index (χ1n) is 17.1. The highest BCUT2D eigenvalue weighted by atomic mass is 16.6. The minimum Gasteiger partial charge on any atom is -0.482 e. The van der Waals surface area contributed by atoms with Crippen molar-refractivity contribution in [2.24, 2.45) is 28.6 Å². The number of benzene rings is 1. The first-order valence-corrected chi connectivity index (χ1v) is 17.1. The number of rotatable bonds is 7. The van der Waals surface area contributed by atoms with Crippen molar-refractivity contribution in [3.63, 3.8) is 0 Å². The van der Waals surface area contributed by atoms with Gasteiger partial charge in [-0.15, -0.1) is 0 Å². The lowest BCUT2D eigenvalue weighted by atomic mass is 9.42. The number of hydrogen-bond donors (Lipinski definition) is 1. The Balaban J connectivity index is 1.49. The summed E-state index contributed by atoms with van der Waals surface area (Å²) in [5, 5.41) is 21.6. The Morgan fingerprint density at radius 3 is 2.45 bits per heavy atom. The van der Waals surface area contributed by atoms with Crippen molar-refractivity contribution in [3.8, 4) is 23.1 Å².